The van der Waals surface area contributed by atoms with Crippen molar-refractivity contribution in [3.63, 3.8) is 0 Å². The molecular formula is C103H99NO15S3. The van der Waals surface area contributed by atoms with Crippen LogP contribution < -0.4 is 30.8 Å². The van der Waals surface area contributed by atoms with Gasteiger partial charge in [-0.15, -0.1) is 0 Å². The van der Waals surface area contributed by atoms with Crippen LogP contribution in [0.2, 0.25) is 0 Å². The van der Waals surface area contributed by atoms with E-state index in [9.17, 15) is 53.7 Å². The maximum absolute atomic E-state index is 12.8. The summed E-state index contributed by atoms with van der Waals surface area (Å²) in [7, 11) is -0.303. The van der Waals surface area contributed by atoms with E-state index in [4.69, 9.17) is 18.9 Å². The Kier molecular flexibility index (Phi) is 26.7. The Labute approximate surface area is 719 Å². The summed E-state index contributed by atoms with van der Waals surface area (Å²) >= 11 is 0. The zero-order chi connectivity index (χ0) is 85.2. The summed E-state index contributed by atoms with van der Waals surface area (Å²) in [6.07, 6.45) is 8.53. The van der Waals surface area contributed by atoms with Gasteiger partial charge in [-0.25, -0.2) is 4.79 Å². The van der Waals surface area contributed by atoms with Gasteiger partial charge in [0.15, 0.2) is 45.4 Å². The standard InChI is InChI=1S/C19H13OS.C18H14NS.C18H13OS.C17H26O4.C17H18O4.C14H18O5/c20-19-15-10-4-6-12-17(15)21(14-8-2-1-3-9-14)18-13-7-5-11-16(18)19;2*1-2-8-14(9-3-1)20-17-12-6-4-10-15(17)19-16-11-5-7-13-18(16)20;1-10(2)14(6-15(18)19)21-16(20)17-7-11-3-12(8-17)5-13(4-11)9-17;1-11(2)15(10-16(18)19)21-17(20)14-8-7-12-5-3-4-6-13(12)9-14;15-11(16)1-2-19-13(18)14-5-8-3-9(6-14)12(17)10(4-8)7-14/h1-13H;1-13,19H;1-13H;10-14H,3-9H2,1-2H3,(H,18,19);3-9,11,15H,10H2,1-2H3,(H,18,19);8-10H,1-7H2,(H,15,16)/q3*+1;;;/p-3. The molecule has 1 aromatic heterocycles. The first kappa shape index (κ1) is 85.3. The highest BCUT2D eigenvalue weighted by atomic mass is 32.2. The number of esters is 3. The van der Waals surface area contributed by atoms with Crippen molar-refractivity contribution in [2.24, 2.45) is 58.2 Å². The number of carbonyl (C=O) groups excluding carboxylic acids is 7. The summed E-state index contributed by atoms with van der Waals surface area (Å²) in [5, 5.41) is 39.1. The Hall–Kier alpha value is -11.6. The zero-order valence-electron chi connectivity index (χ0n) is 68.8. The van der Waals surface area contributed by atoms with E-state index in [2.05, 4.69) is 175 Å². The van der Waals surface area contributed by atoms with Gasteiger partial charge in [0.1, 0.15) is 39.8 Å². The second kappa shape index (κ2) is 38.2. The Bertz CT molecular complexity index is 5540. The van der Waals surface area contributed by atoms with E-state index in [1.807, 2.05) is 111 Å². The number of carboxylic acids is 3. The van der Waals surface area contributed by atoms with E-state index in [1.165, 1.54) is 64.9 Å². The Morgan fingerprint density at radius 1 is 0.418 bits per heavy atom. The average molecular weight is 1690 g/mol. The molecule has 4 unspecified atom stereocenters. The maximum Gasteiger partial charge on any atom is 0.338 e. The number of Topliss-reactive ketones (excluding diaryl/α,β-unsaturated/α-hetero) is 1. The van der Waals surface area contributed by atoms with Crippen molar-refractivity contribution in [2.45, 2.75) is 159 Å². The summed E-state index contributed by atoms with van der Waals surface area (Å²) < 4.78 is 24.3. The Morgan fingerprint density at radius 2 is 0.820 bits per heavy atom. The number of nitrogens with one attached hydrogen (secondary N) is 1. The molecule has 1 N–H and O–H groups in total. The van der Waals surface area contributed by atoms with Crippen LogP contribution in [0.25, 0.3) is 35.8 Å². The number of ether oxygens (including phenoxy) is 4. The van der Waals surface area contributed by atoms with Crippen LogP contribution in [0.3, 0.4) is 0 Å². The maximum atomic E-state index is 12.8. The zero-order valence-corrected chi connectivity index (χ0v) is 71.2. The molecule has 624 valence electrons. The molecule has 0 amide bonds. The first-order valence-corrected chi connectivity index (χ1v) is 45.9. The number of carboxylic acid groups (broad SMARTS) is 3. The van der Waals surface area contributed by atoms with E-state index in [0.29, 0.717) is 47.9 Å². The first-order chi connectivity index (χ1) is 59.1. The molecular weight excluding hydrogens is 1590 g/mol. The number of fused-ring (bicyclic) bond motifs is 7. The van der Waals surface area contributed by atoms with Gasteiger partial charge >= 0.3 is 17.9 Å². The number of benzene rings is 11. The molecule has 4 atom stereocenters. The molecule has 16 nitrogen and oxygen atoms in total. The van der Waals surface area contributed by atoms with Gasteiger partial charge in [0.2, 0.25) is 15.2 Å². The predicted octanol–water partition coefficient (Wildman–Crippen LogP) is 19.0. The molecule has 10 aliphatic rings. The predicted molar refractivity (Wildman–Crippen MR) is 472 cm³/mol. The van der Waals surface area contributed by atoms with E-state index in [1.54, 1.807) is 26.0 Å². The van der Waals surface area contributed by atoms with E-state index in [0.717, 1.165) is 81.0 Å². The lowest BCUT2D eigenvalue weighted by atomic mass is 9.49. The molecule has 22 rings (SSSR count). The van der Waals surface area contributed by atoms with Gasteiger partial charge in [-0.2, -0.15) is 0 Å². The van der Waals surface area contributed by atoms with Crippen LogP contribution in [0, 0.1) is 58.2 Å². The van der Waals surface area contributed by atoms with Gasteiger partial charge in [-0.05, 0) is 238 Å². The van der Waals surface area contributed by atoms with Gasteiger partial charge in [0.05, 0.1) is 45.1 Å². The first-order valence-electron chi connectivity index (χ1n) is 42.2. The number of carbonyl (C=O) groups is 7. The summed E-state index contributed by atoms with van der Waals surface area (Å²) in [5.41, 5.74) is 2.17. The van der Waals surface area contributed by atoms with Gasteiger partial charge in [0, 0.05) is 59.5 Å². The normalized spacial score (nSPS) is 21.1. The van der Waals surface area contributed by atoms with Gasteiger partial charge in [-0.1, -0.05) is 185 Å². The van der Waals surface area contributed by atoms with Gasteiger partial charge < -0.3 is 54.0 Å². The molecule has 8 fully saturated rings. The second-order valence-corrected chi connectivity index (χ2v) is 39.8. The molecule has 11 aromatic carbocycles. The molecule has 19 heteroatoms. The van der Waals surface area contributed by atoms with Gasteiger partial charge in [0.25, 0.3) is 0 Å². The molecule has 0 saturated heterocycles. The lowest BCUT2D eigenvalue weighted by molar-refractivity contribution is -0.309. The number of anilines is 2. The summed E-state index contributed by atoms with van der Waals surface area (Å²) in [4.78, 5) is 103. The van der Waals surface area contributed by atoms with Crippen molar-refractivity contribution in [1.82, 2.24) is 0 Å². The molecule has 8 saturated carbocycles. The monoisotopic (exact) mass is 1690 g/mol. The van der Waals surface area contributed by atoms with Crippen molar-refractivity contribution in [1.29, 1.82) is 0 Å². The van der Waals surface area contributed by atoms with Crippen LogP contribution in [0.1, 0.15) is 128 Å². The summed E-state index contributed by atoms with van der Waals surface area (Å²) in [6.45, 7) is 7.26. The summed E-state index contributed by atoms with van der Waals surface area (Å²) in [5.74, 6) is 0.207. The fraction of sp³-hybridized carbons (Fsp3) is 0.301. The smallest absolute Gasteiger partial charge is 0.338 e. The third kappa shape index (κ3) is 19.3. The topological polar surface area (TPSA) is 255 Å². The minimum Gasteiger partial charge on any atom is -0.550 e. The molecule has 0 spiro atoms. The highest BCUT2D eigenvalue weighted by Gasteiger charge is 2.60. The minimum atomic E-state index is -1.22. The van der Waals surface area contributed by atoms with Crippen LogP contribution in [0.4, 0.5) is 11.4 Å². The minimum absolute atomic E-state index is 0.000706. The Balaban J connectivity index is 0.000000114. The van der Waals surface area contributed by atoms with Crippen molar-refractivity contribution >= 4 is 116 Å². The van der Waals surface area contributed by atoms with E-state index < -0.39 is 41.5 Å². The number of para-hydroxylation sites is 4. The SMILES string of the molecule is CC(C)C(CC(=O)[O-])OC(=O)C12CC3CC(CC(C3)C1)C2.CC(C)C(CC(=O)[O-])OC(=O)c1ccc2ccccc2c1.O=C([O-])CCOC(=O)C12CC3CC(C1)C(=O)C(C3)C2.O=c1c2ccccc2[s+](-c2ccccc2)c2ccccc12.c1ccc([S+]2c3ccccc3Nc3ccccc32)cc1.c1ccc([S+]2c3ccccc3Oc3ccccc32)cc1. The van der Waals surface area contributed by atoms with Crippen LogP contribution in [0.5, 0.6) is 11.5 Å². The quantitative estimate of drug-likeness (QED) is 0.0385. The summed E-state index contributed by atoms with van der Waals surface area (Å²) in [6, 6.07) is 94.6. The van der Waals surface area contributed by atoms with E-state index >= 15 is 0 Å². The average Bonchev–Trinajstić information content (AvgIpc) is 0.731. The number of hydrogen-bond donors (Lipinski definition) is 1. The van der Waals surface area contributed by atoms with E-state index in [-0.39, 0.29) is 105 Å². The molecule has 2 aliphatic heterocycles. The lowest BCUT2D eigenvalue weighted by Gasteiger charge is -2.55. The second-order valence-electron chi connectivity index (χ2n) is 33.9. The molecule has 122 heavy (non-hydrogen) atoms. The van der Waals surface area contributed by atoms with Crippen molar-refractivity contribution < 1.29 is 67.8 Å². The van der Waals surface area contributed by atoms with Gasteiger partial charge in [-0.3, -0.25) is 19.2 Å². The number of rotatable bonds is 17. The molecule has 12 aromatic rings. The molecule has 8 aliphatic carbocycles. The molecule has 3 heterocycles. The number of hydrogen-bond acceptors (Lipinski definition) is 16. The lowest BCUT2D eigenvalue weighted by Crippen LogP contribution is -2.54. The Morgan fingerprint density at radius 3 is 1.30 bits per heavy atom. The van der Waals surface area contributed by atoms with Crippen molar-refractivity contribution in [2.75, 3.05) is 11.9 Å². The van der Waals surface area contributed by atoms with Crippen LogP contribution in [0.15, 0.2) is 313 Å². The van der Waals surface area contributed by atoms with Crippen molar-refractivity contribution in [3.05, 3.63) is 295 Å². The van der Waals surface area contributed by atoms with Crippen molar-refractivity contribution in [3.8, 4) is 16.4 Å². The number of aliphatic carboxylic acids is 3. The molecule has 0 radical (unpaired) electrons. The highest BCUT2D eigenvalue weighted by molar-refractivity contribution is 7.97. The highest BCUT2D eigenvalue weighted by Crippen LogP contribution is 2.62. The fourth-order valence-electron chi connectivity index (χ4n) is 19.4. The van der Waals surface area contributed by atoms with Crippen LogP contribution in [-0.2, 0) is 64.8 Å². The molecule has 8 bridgehead atoms. The third-order valence-electron chi connectivity index (χ3n) is 24.6. The van der Waals surface area contributed by atoms with Crippen LogP contribution >= 0.6 is 10.5 Å². The number of ketones is 1. The van der Waals surface area contributed by atoms with Crippen LogP contribution in [-0.4, -0.2) is 60.4 Å². The fourth-order valence-corrected chi connectivity index (χ4v) is 26.3. The third-order valence-corrected chi connectivity index (χ3v) is 31.6. The largest absolute Gasteiger partial charge is 0.550 e.